The smallest absolute Gasteiger partial charge is 0.135 e. The number of hydrogen-bond donors (Lipinski definition) is 1. The highest BCUT2D eigenvalue weighted by Crippen LogP contribution is 2.00. The van der Waals surface area contributed by atoms with E-state index in [1.165, 1.54) is 0 Å². The second-order valence-corrected chi connectivity index (χ2v) is 1.93. The van der Waals surface area contributed by atoms with E-state index in [2.05, 4.69) is 5.92 Å². The molecule has 0 aliphatic rings. The van der Waals surface area contributed by atoms with E-state index >= 15 is 0 Å². The van der Waals surface area contributed by atoms with Crippen LogP contribution in [0.3, 0.4) is 0 Å². The summed E-state index contributed by atoms with van der Waals surface area (Å²) in [5.74, 6) is 2.24. The first-order valence-corrected chi connectivity index (χ1v) is 3.03. The molecule has 1 N–H and O–H groups in total. The Morgan fingerprint density at radius 1 is 1.89 bits per heavy atom. The summed E-state index contributed by atoms with van der Waals surface area (Å²) in [6.45, 7) is 3.83. The van der Waals surface area contributed by atoms with Crippen LogP contribution in [0.25, 0.3) is 0 Å². The molecular formula is C8H12O. The molecule has 50 valence electrons. The fraction of sp³-hybridized carbons (Fsp3) is 0.500. The molecule has 0 bridgehead atoms. The van der Waals surface area contributed by atoms with Gasteiger partial charge in [0.1, 0.15) is 6.10 Å². The maximum absolute atomic E-state index is 8.95. The summed E-state index contributed by atoms with van der Waals surface area (Å²) in [7, 11) is 0. The largest absolute Gasteiger partial charge is 0.376 e. The van der Waals surface area contributed by atoms with Crippen LogP contribution >= 0.6 is 0 Å². The van der Waals surface area contributed by atoms with Gasteiger partial charge >= 0.3 is 0 Å². The summed E-state index contributed by atoms with van der Waals surface area (Å²) in [5, 5.41) is 8.95. The Hall–Kier alpha value is -0.740. The van der Waals surface area contributed by atoms with Crippen molar-refractivity contribution >= 4 is 0 Å². The highest BCUT2D eigenvalue weighted by Gasteiger charge is 1.97. The van der Waals surface area contributed by atoms with E-state index in [0.29, 0.717) is 0 Å². The van der Waals surface area contributed by atoms with Crippen molar-refractivity contribution in [3.05, 3.63) is 11.6 Å². The summed E-state index contributed by atoms with van der Waals surface area (Å²) in [5.41, 5.74) is 0.861. The van der Waals surface area contributed by atoms with Gasteiger partial charge in [0, 0.05) is 0 Å². The van der Waals surface area contributed by atoms with Crippen LogP contribution in [0.5, 0.6) is 0 Å². The molecule has 0 fully saturated rings. The molecule has 0 aliphatic carbocycles. The van der Waals surface area contributed by atoms with Gasteiger partial charge in [-0.05, 0) is 18.9 Å². The highest BCUT2D eigenvalue weighted by molar-refractivity contribution is 5.15. The Labute approximate surface area is 56.4 Å². The molecule has 0 heterocycles. The van der Waals surface area contributed by atoms with Crippen LogP contribution in [0.4, 0.5) is 0 Å². The molecular weight excluding hydrogens is 112 g/mol. The minimum atomic E-state index is -0.690. The second kappa shape index (κ2) is 4.17. The van der Waals surface area contributed by atoms with Gasteiger partial charge in [0.15, 0.2) is 0 Å². The van der Waals surface area contributed by atoms with Crippen molar-refractivity contribution in [1.29, 1.82) is 0 Å². The molecule has 0 aromatic rings. The first-order valence-electron chi connectivity index (χ1n) is 3.03. The zero-order valence-electron chi connectivity index (χ0n) is 5.89. The van der Waals surface area contributed by atoms with Crippen LogP contribution < -0.4 is 0 Å². The molecule has 0 aromatic carbocycles. The molecule has 0 rings (SSSR count). The molecule has 0 saturated carbocycles. The summed E-state index contributed by atoms with van der Waals surface area (Å²) in [4.78, 5) is 0. The quantitative estimate of drug-likeness (QED) is 0.435. The van der Waals surface area contributed by atoms with E-state index in [1.54, 1.807) is 0 Å². The van der Waals surface area contributed by atoms with Crippen LogP contribution in [-0.4, -0.2) is 11.2 Å². The number of hydrogen-bond acceptors (Lipinski definition) is 1. The van der Waals surface area contributed by atoms with Gasteiger partial charge in [0.05, 0.1) is 0 Å². The average Bonchev–Trinajstić information content (AvgIpc) is 1.87. The molecule has 1 heteroatoms. The third kappa shape index (κ3) is 2.94. The van der Waals surface area contributed by atoms with E-state index in [1.807, 2.05) is 19.9 Å². The highest BCUT2D eigenvalue weighted by atomic mass is 16.3. The van der Waals surface area contributed by atoms with Crippen LogP contribution in [0.15, 0.2) is 11.6 Å². The number of allylic oxidation sites excluding steroid dienone is 1. The predicted octanol–water partition coefficient (Wildman–Crippen LogP) is 1.34. The first-order chi connectivity index (χ1) is 4.22. The summed E-state index contributed by atoms with van der Waals surface area (Å²) < 4.78 is 0. The average molecular weight is 124 g/mol. The van der Waals surface area contributed by atoms with Gasteiger partial charge in [-0.15, -0.1) is 6.42 Å². The lowest BCUT2D eigenvalue weighted by atomic mass is 10.1. The Morgan fingerprint density at radius 2 is 2.44 bits per heavy atom. The molecule has 0 aliphatic heterocycles. The third-order valence-corrected chi connectivity index (χ3v) is 1.12. The van der Waals surface area contributed by atoms with Crippen molar-refractivity contribution in [3.63, 3.8) is 0 Å². The molecule has 0 radical (unpaired) electrons. The molecule has 0 amide bonds. The van der Waals surface area contributed by atoms with Crippen LogP contribution in [0.2, 0.25) is 0 Å². The van der Waals surface area contributed by atoms with Crippen LogP contribution in [-0.2, 0) is 0 Å². The van der Waals surface area contributed by atoms with E-state index in [9.17, 15) is 0 Å². The van der Waals surface area contributed by atoms with Crippen molar-refractivity contribution in [2.75, 3.05) is 0 Å². The zero-order valence-corrected chi connectivity index (χ0v) is 5.89. The Morgan fingerprint density at radius 3 is 2.78 bits per heavy atom. The van der Waals surface area contributed by atoms with E-state index < -0.39 is 6.10 Å². The van der Waals surface area contributed by atoms with Crippen molar-refractivity contribution < 1.29 is 5.11 Å². The van der Waals surface area contributed by atoms with Gasteiger partial charge in [0.25, 0.3) is 0 Å². The first kappa shape index (κ1) is 8.26. The Balaban J connectivity index is 3.89. The van der Waals surface area contributed by atoms with Gasteiger partial charge < -0.3 is 5.11 Å². The number of aliphatic hydroxyl groups is 1. The molecule has 9 heavy (non-hydrogen) atoms. The molecule has 1 nitrogen and oxygen atoms in total. The van der Waals surface area contributed by atoms with E-state index in [4.69, 9.17) is 11.5 Å². The normalized spacial score (nSPS) is 14.7. The van der Waals surface area contributed by atoms with Gasteiger partial charge in [-0.1, -0.05) is 18.9 Å². The van der Waals surface area contributed by atoms with Crippen LogP contribution in [0.1, 0.15) is 20.3 Å². The number of terminal acetylenes is 1. The fourth-order valence-corrected chi connectivity index (χ4v) is 0.565. The monoisotopic (exact) mass is 124 g/mol. The van der Waals surface area contributed by atoms with Gasteiger partial charge in [-0.3, -0.25) is 0 Å². The Kier molecular flexibility index (Phi) is 3.83. The lowest BCUT2D eigenvalue weighted by Gasteiger charge is -2.00. The molecule has 1 atom stereocenters. The second-order valence-electron chi connectivity index (χ2n) is 1.93. The topological polar surface area (TPSA) is 20.2 Å². The predicted molar refractivity (Wildman–Crippen MR) is 38.9 cm³/mol. The molecule has 0 unspecified atom stereocenters. The standard InChI is InChI=1S/C8H12O/c1-4-6-7(3)8(9)5-2/h2,6,8-9H,4H2,1,3H3/t8-/m1/s1. The molecule has 0 saturated heterocycles. The number of aliphatic hydroxyl groups excluding tert-OH is 1. The lowest BCUT2D eigenvalue weighted by molar-refractivity contribution is 0.268. The minimum absolute atomic E-state index is 0.690. The van der Waals surface area contributed by atoms with E-state index in [0.717, 1.165) is 12.0 Å². The SMILES string of the molecule is C#C[C@@H](O)C(C)=CCC. The summed E-state index contributed by atoms with van der Waals surface area (Å²) in [6, 6.07) is 0. The Bertz CT molecular complexity index is 139. The zero-order chi connectivity index (χ0) is 7.28. The van der Waals surface area contributed by atoms with Gasteiger partial charge in [-0.25, -0.2) is 0 Å². The third-order valence-electron chi connectivity index (χ3n) is 1.12. The van der Waals surface area contributed by atoms with Crippen molar-refractivity contribution in [2.24, 2.45) is 0 Å². The van der Waals surface area contributed by atoms with E-state index in [-0.39, 0.29) is 0 Å². The van der Waals surface area contributed by atoms with Crippen molar-refractivity contribution in [3.8, 4) is 12.3 Å². The van der Waals surface area contributed by atoms with Gasteiger partial charge in [-0.2, -0.15) is 0 Å². The molecule has 0 aromatic heterocycles. The fourth-order valence-electron chi connectivity index (χ4n) is 0.565. The summed E-state index contributed by atoms with van der Waals surface area (Å²) in [6.07, 6.45) is 7.11. The maximum Gasteiger partial charge on any atom is 0.135 e. The van der Waals surface area contributed by atoms with Crippen molar-refractivity contribution in [1.82, 2.24) is 0 Å². The van der Waals surface area contributed by atoms with Crippen LogP contribution in [0, 0.1) is 12.3 Å². The van der Waals surface area contributed by atoms with Crippen molar-refractivity contribution in [2.45, 2.75) is 26.4 Å². The number of rotatable bonds is 2. The summed E-state index contributed by atoms with van der Waals surface area (Å²) >= 11 is 0. The lowest BCUT2D eigenvalue weighted by Crippen LogP contribution is -2.03. The minimum Gasteiger partial charge on any atom is -0.376 e. The maximum atomic E-state index is 8.95. The van der Waals surface area contributed by atoms with Gasteiger partial charge in [0.2, 0.25) is 0 Å². The molecule has 0 spiro atoms.